The fourth-order valence-corrected chi connectivity index (χ4v) is 2.38. The van der Waals surface area contributed by atoms with Gasteiger partial charge in [0, 0.05) is 0 Å². The van der Waals surface area contributed by atoms with E-state index in [4.69, 9.17) is 10.2 Å². The molecule has 0 bridgehead atoms. The zero-order chi connectivity index (χ0) is 10.8. The Morgan fingerprint density at radius 1 is 1.36 bits per heavy atom. The molecule has 0 aromatic heterocycles. The van der Waals surface area contributed by atoms with Gasteiger partial charge in [0.05, 0.1) is 12.3 Å². The normalized spacial score (nSPS) is 32.5. The number of carbonyl (C=O) groups is 2. The maximum atomic E-state index is 11.0. The van der Waals surface area contributed by atoms with Crippen LogP contribution in [0.2, 0.25) is 0 Å². The predicted octanol–water partition coefficient (Wildman–Crippen LogP) is 1.74. The van der Waals surface area contributed by atoms with Gasteiger partial charge in [-0.25, -0.2) is 0 Å². The minimum atomic E-state index is -0.902. The van der Waals surface area contributed by atoms with Crippen LogP contribution in [0.25, 0.3) is 0 Å². The summed E-state index contributed by atoms with van der Waals surface area (Å²) >= 11 is 0. The van der Waals surface area contributed by atoms with Gasteiger partial charge in [0.15, 0.2) is 0 Å². The van der Waals surface area contributed by atoms with E-state index in [1.807, 2.05) is 0 Å². The lowest BCUT2D eigenvalue weighted by atomic mass is 9.66. The van der Waals surface area contributed by atoms with Gasteiger partial charge in [0.25, 0.3) is 0 Å². The Hall–Kier alpha value is -1.06. The molecule has 0 aromatic carbocycles. The third-order valence-corrected chi connectivity index (χ3v) is 3.19. The average Bonchev–Trinajstić information content (AvgIpc) is 2.01. The molecule has 0 saturated heterocycles. The molecule has 4 nitrogen and oxygen atoms in total. The SMILES string of the molecule is C[C@]1(CC(=O)O)CCCC[C@@H]1C(=O)O. The van der Waals surface area contributed by atoms with Crippen LogP contribution in [0.15, 0.2) is 0 Å². The van der Waals surface area contributed by atoms with E-state index in [-0.39, 0.29) is 6.42 Å². The van der Waals surface area contributed by atoms with Gasteiger partial charge < -0.3 is 10.2 Å². The maximum Gasteiger partial charge on any atom is 0.307 e. The Morgan fingerprint density at radius 2 is 2.00 bits per heavy atom. The number of carboxylic acid groups (broad SMARTS) is 2. The summed E-state index contributed by atoms with van der Waals surface area (Å²) in [7, 11) is 0. The second-order valence-corrected chi connectivity index (χ2v) is 4.36. The van der Waals surface area contributed by atoms with Crippen molar-refractivity contribution in [2.45, 2.75) is 39.0 Å². The van der Waals surface area contributed by atoms with E-state index in [9.17, 15) is 9.59 Å². The van der Waals surface area contributed by atoms with E-state index < -0.39 is 23.3 Å². The zero-order valence-corrected chi connectivity index (χ0v) is 8.32. The monoisotopic (exact) mass is 200 g/mol. The topological polar surface area (TPSA) is 74.6 Å². The van der Waals surface area contributed by atoms with Gasteiger partial charge in [-0.1, -0.05) is 19.8 Å². The third-order valence-electron chi connectivity index (χ3n) is 3.19. The molecule has 1 rings (SSSR count). The van der Waals surface area contributed by atoms with E-state index in [1.54, 1.807) is 6.92 Å². The molecule has 0 radical (unpaired) electrons. The van der Waals surface area contributed by atoms with Crippen molar-refractivity contribution in [2.75, 3.05) is 0 Å². The molecule has 0 aromatic rings. The highest BCUT2D eigenvalue weighted by atomic mass is 16.4. The largest absolute Gasteiger partial charge is 0.481 e. The summed E-state index contributed by atoms with van der Waals surface area (Å²) < 4.78 is 0. The van der Waals surface area contributed by atoms with Gasteiger partial charge in [0.1, 0.15) is 0 Å². The molecule has 14 heavy (non-hydrogen) atoms. The Bertz CT molecular complexity index is 249. The van der Waals surface area contributed by atoms with Crippen molar-refractivity contribution < 1.29 is 19.8 Å². The molecule has 1 aliphatic rings. The molecule has 2 N–H and O–H groups in total. The van der Waals surface area contributed by atoms with Crippen molar-refractivity contribution in [2.24, 2.45) is 11.3 Å². The minimum Gasteiger partial charge on any atom is -0.481 e. The Morgan fingerprint density at radius 3 is 2.50 bits per heavy atom. The first-order chi connectivity index (χ1) is 6.46. The predicted molar refractivity (Wildman–Crippen MR) is 50.0 cm³/mol. The lowest BCUT2D eigenvalue weighted by Gasteiger charge is -2.37. The van der Waals surface area contributed by atoms with Crippen LogP contribution in [0.5, 0.6) is 0 Å². The molecule has 0 heterocycles. The molecule has 4 heteroatoms. The van der Waals surface area contributed by atoms with E-state index in [1.165, 1.54) is 0 Å². The number of hydrogen-bond donors (Lipinski definition) is 2. The first-order valence-electron chi connectivity index (χ1n) is 4.90. The molecule has 0 spiro atoms. The van der Waals surface area contributed by atoms with Crippen LogP contribution in [0, 0.1) is 11.3 Å². The lowest BCUT2D eigenvalue weighted by Crippen LogP contribution is -2.38. The molecule has 80 valence electrons. The number of rotatable bonds is 3. The molecule has 0 unspecified atom stereocenters. The summed E-state index contributed by atoms with van der Waals surface area (Å²) in [6, 6.07) is 0. The summed E-state index contributed by atoms with van der Waals surface area (Å²) in [4.78, 5) is 21.6. The molecule has 0 amide bonds. The fourth-order valence-electron chi connectivity index (χ4n) is 2.38. The Labute approximate surface area is 82.9 Å². The van der Waals surface area contributed by atoms with Crippen LogP contribution in [0.1, 0.15) is 39.0 Å². The molecule has 1 fully saturated rings. The maximum absolute atomic E-state index is 11.0. The van der Waals surface area contributed by atoms with Gasteiger partial charge in [0.2, 0.25) is 0 Å². The highest BCUT2D eigenvalue weighted by Crippen LogP contribution is 2.43. The number of hydrogen-bond acceptors (Lipinski definition) is 2. The van der Waals surface area contributed by atoms with Gasteiger partial charge in [-0.05, 0) is 18.3 Å². The summed E-state index contributed by atoms with van der Waals surface area (Å²) in [5, 5.41) is 17.7. The van der Waals surface area contributed by atoms with Crippen LogP contribution in [0.4, 0.5) is 0 Å². The second kappa shape index (κ2) is 3.98. The van der Waals surface area contributed by atoms with Gasteiger partial charge in [-0.3, -0.25) is 9.59 Å². The van der Waals surface area contributed by atoms with Crippen molar-refractivity contribution in [3.8, 4) is 0 Å². The summed E-state index contributed by atoms with van der Waals surface area (Å²) in [6.45, 7) is 1.78. The van der Waals surface area contributed by atoms with Crippen molar-refractivity contribution in [1.82, 2.24) is 0 Å². The molecular weight excluding hydrogens is 184 g/mol. The average molecular weight is 200 g/mol. The molecule has 1 saturated carbocycles. The molecule has 1 aliphatic carbocycles. The number of carboxylic acids is 2. The van der Waals surface area contributed by atoms with Crippen molar-refractivity contribution in [3.05, 3.63) is 0 Å². The van der Waals surface area contributed by atoms with Crippen LogP contribution < -0.4 is 0 Å². The standard InChI is InChI=1S/C10H16O4/c1-10(6-8(11)12)5-3-2-4-7(10)9(13)14/h7H,2-6H2,1H3,(H,11,12)(H,13,14)/t7-,10-/m1/s1. The van der Waals surface area contributed by atoms with Crippen molar-refractivity contribution >= 4 is 11.9 Å². The van der Waals surface area contributed by atoms with Crippen LogP contribution in [-0.2, 0) is 9.59 Å². The highest BCUT2D eigenvalue weighted by molar-refractivity contribution is 5.74. The first-order valence-corrected chi connectivity index (χ1v) is 4.90. The Balaban J connectivity index is 2.79. The zero-order valence-electron chi connectivity index (χ0n) is 8.32. The van der Waals surface area contributed by atoms with Crippen LogP contribution in [-0.4, -0.2) is 22.2 Å². The van der Waals surface area contributed by atoms with Gasteiger partial charge >= 0.3 is 11.9 Å². The van der Waals surface area contributed by atoms with Gasteiger partial charge in [-0.2, -0.15) is 0 Å². The summed E-state index contributed by atoms with van der Waals surface area (Å²) in [5.74, 6) is -2.25. The fraction of sp³-hybridized carbons (Fsp3) is 0.800. The smallest absolute Gasteiger partial charge is 0.307 e. The van der Waals surface area contributed by atoms with Crippen LogP contribution >= 0.6 is 0 Å². The molecule has 2 atom stereocenters. The second-order valence-electron chi connectivity index (χ2n) is 4.36. The van der Waals surface area contributed by atoms with E-state index in [2.05, 4.69) is 0 Å². The van der Waals surface area contributed by atoms with Crippen molar-refractivity contribution in [3.63, 3.8) is 0 Å². The Kier molecular flexibility index (Phi) is 3.13. The number of aliphatic carboxylic acids is 2. The van der Waals surface area contributed by atoms with E-state index in [0.717, 1.165) is 12.8 Å². The van der Waals surface area contributed by atoms with E-state index in [0.29, 0.717) is 12.8 Å². The van der Waals surface area contributed by atoms with Gasteiger partial charge in [-0.15, -0.1) is 0 Å². The summed E-state index contributed by atoms with van der Waals surface area (Å²) in [5.41, 5.74) is -0.560. The molecule has 0 aliphatic heterocycles. The molecular formula is C10H16O4. The lowest BCUT2D eigenvalue weighted by molar-refractivity contribution is -0.151. The minimum absolute atomic E-state index is 0.0377. The third kappa shape index (κ3) is 2.25. The van der Waals surface area contributed by atoms with E-state index >= 15 is 0 Å². The van der Waals surface area contributed by atoms with Crippen LogP contribution in [0.3, 0.4) is 0 Å². The highest BCUT2D eigenvalue weighted by Gasteiger charge is 2.42. The first kappa shape index (κ1) is 11.0. The quantitative estimate of drug-likeness (QED) is 0.727. The van der Waals surface area contributed by atoms with Crippen molar-refractivity contribution in [1.29, 1.82) is 0 Å². The summed E-state index contributed by atoms with van der Waals surface area (Å²) in [6.07, 6.45) is 3.11.